The van der Waals surface area contributed by atoms with E-state index in [0.29, 0.717) is 0 Å². The van der Waals surface area contributed by atoms with Gasteiger partial charge in [0.25, 0.3) is 0 Å². The van der Waals surface area contributed by atoms with Crippen molar-refractivity contribution in [3.63, 3.8) is 0 Å². The molecule has 2 rings (SSSR count). The van der Waals surface area contributed by atoms with Crippen LogP contribution in [0, 0.1) is 0 Å². The van der Waals surface area contributed by atoms with Crippen LogP contribution in [0.2, 0.25) is 0 Å². The Morgan fingerprint density at radius 1 is 1.33 bits per heavy atom. The van der Waals surface area contributed by atoms with Gasteiger partial charge in [0.1, 0.15) is 0 Å². The zero-order valence-electron chi connectivity index (χ0n) is 8.74. The van der Waals surface area contributed by atoms with Gasteiger partial charge >= 0.3 is 0 Å². The Kier molecular flexibility index (Phi) is 3.98. The van der Waals surface area contributed by atoms with Crippen LogP contribution in [0.15, 0.2) is 0 Å². The average Bonchev–Trinajstić information content (AvgIpc) is 2.89. The van der Waals surface area contributed by atoms with Gasteiger partial charge in [-0.25, -0.2) is 0 Å². The Labute approximate surface area is 96.0 Å². The highest BCUT2D eigenvalue weighted by atomic mass is 35.5. The summed E-state index contributed by atoms with van der Waals surface area (Å²) in [6.45, 7) is 0. The molecule has 0 spiro atoms. The van der Waals surface area contributed by atoms with Crippen molar-refractivity contribution in [2.45, 2.75) is 56.2 Å². The number of halogens is 1. The summed E-state index contributed by atoms with van der Waals surface area (Å²) in [7, 11) is 0. The molecule has 4 N–H and O–H groups in total. The molecular weight excluding hydrogens is 216 g/mol. The van der Waals surface area contributed by atoms with E-state index in [2.05, 4.69) is 5.32 Å². The Hall–Kier alpha value is -0.320. The number of rotatable bonds is 2. The van der Waals surface area contributed by atoms with E-state index >= 15 is 0 Å². The molecule has 2 aliphatic rings. The van der Waals surface area contributed by atoms with Gasteiger partial charge in [0.05, 0.1) is 17.7 Å². The van der Waals surface area contributed by atoms with Gasteiger partial charge in [-0.15, -0.1) is 12.4 Å². The number of carbonyl (C=O) groups excluding carboxylic acids is 1. The minimum atomic E-state index is -0.614. The molecule has 1 amide bonds. The number of hydrogen-bond acceptors (Lipinski definition) is 3. The maximum Gasteiger partial charge on any atom is 0.240 e. The van der Waals surface area contributed by atoms with E-state index in [1.807, 2.05) is 0 Å². The Morgan fingerprint density at radius 2 is 1.93 bits per heavy atom. The first-order chi connectivity index (χ1) is 6.62. The first kappa shape index (κ1) is 12.7. The van der Waals surface area contributed by atoms with E-state index in [0.717, 1.165) is 38.5 Å². The molecule has 2 saturated carbocycles. The van der Waals surface area contributed by atoms with E-state index in [4.69, 9.17) is 5.73 Å². The molecule has 0 aromatic carbocycles. The lowest BCUT2D eigenvalue weighted by atomic mass is 9.92. The van der Waals surface area contributed by atoms with E-state index < -0.39 is 5.54 Å². The van der Waals surface area contributed by atoms with Crippen molar-refractivity contribution in [1.82, 2.24) is 5.32 Å². The topological polar surface area (TPSA) is 75.4 Å². The summed E-state index contributed by atoms with van der Waals surface area (Å²) in [5.74, 6) is -0.0801. The second kappa shape index (κ2) is 4.68. The zero-order chi connectivity index (χ0) is 10.2. The minimum Gasteiger partial charge on any atom is -0.391 e. The molecule has 0 heterocycles. The highest BCUT2D eigenvalue weighted by molar-refractivity contribution is 5.89. The summed E-state index contributed by atoms with van der Waals surface area (Å²) in [4.78, 5) is 11.6. The van der Waals surface area contributed by atoms with E-state index in [9.17, 15) is 9.90 Å². The highest BCUT2D eigenvalue weighted by Crippen LogP contribution is 2.32. The largest absolute Gasteiger partial charge is 0.391 e. The van der Waals surface area contributed by atoms with Gasteiger partial charge in [-0.2, -0.15) is 0 Å². The van der Waals surface area contributed by atoms with Gasteiger partial charge in [-0.3, -0.25) is 4.79 Å². The van der Waals surface area contributed by atoms with Crippen molar-refractivity contribution in [2.24, 2.45) is 5.73 Å². The SMILES string of the molecule is Cl.NC1(C(=O)N[C@H]2CCCC[C@H]2O)CC1. The van der Waals surface area contributed by atoms with Crippen LogP contribution in [0.3, 0.4) is 0 Å². The van der Waals surface area contributed by atoms with Crippen molar-refractivity contribution < 1.29 is 9.90 Å². The summed E-state index contributed by atoms with van der Waals surface area (Å²) < 4.78 is 0. The third-order valence-electron chi connectivity index (χ3n) is 3.29. The smallest absolute Gasteiger partial charge is 0.240 e. The molecule has 5 heteroatoms. The second-order valence-electron chi connectivity index (χ2n) is 4.59. The molecule has 0 saturated heterocycles. The molecule has 0 radical (unpaired) electrons. The lowest BCUT2D eigenvalue weighted by Crippen LogP contribution is -2.51. The third kappa shape index (κ3) is 2.83. The van der Waals surface area contributed by atoms with Crippen LogP contribution in [0.5, 0.6) is 0 Å². The zero-order valence-corrected chi connectivity index (χ0v) is 9.55. The number of nitrogens with two attached hydrogens (primary N) is 1. The lowest BCUT2D eigenvalue weighted by molar-refractivity contribution is -0.125. The molecule has 88 valence electrons. The molecule has 0 aromatic heterocycles. The molecule has 4 nitrogen and oxygen atoms in total. The van der Waals surface area contributed by atoms with E-state index in [1.165, 1.54) is 0 Å². The predicted octanol–water partition coefficient (Wildman–Crippen LogP) is 0.319. The average molecular weight is 235 g/mol. The molecule has 2 atom stereocenters. The molecule has 2 fully saturated rings. The maximum atomic E-state index is 11.6. The molecule has 0 unspecified atom stereocenters. The monoisotopic (exact) mass is 234 g/mol. The van der Waals surface area contributed by atoms with Crippen LogP contribution < -0.4 is 11.1 Å². The van der Waals surface area contributed by atoms with Crippen molar-refractivity contribution in [3.05, 3.63) is 0 Å². The normalized spacial score (nSPS) is 32.7. The Morgan fingerprint density at radius 3 is 2.47 bits per heavy atom. The fraction of sp³-hybridized carbons (Fsp3) is 0.900. The maximum absolute atomic E-state index is 11.6. The van der Waals surface area contributed by atoms with Gasteiger partial charge in [0.15, 0.2) is 0 Å². The number of amides is 1. The quantitative estimate of drug-likeness (QED) is 0.644. The number of aliphatic hydroxyl groups excluding tert-OH is 1. The second-order valence-corrected chi connectivity index (χ2v) is 4.59. The van der Waals surface area contributed by atoms with Gasteiger partial charge in [-0.05, 0) is 25.7 Å². The predicted molar refractivity (Wildman–Crippen MR) is 59.8 cm³/mol. The van der Waals surface area contributed by atoms with Crippen LogP contribution in [-0.4, -0.2) is 28.7 Å². The molecule has 0 aliphatic heterocycles. The van der Waals surface area contributed by atoms with Crippen molar-refractivity contribution in [3.8, 4) is 0 Å². The van der Waals surface area contributed by atoms with Crippen LogP contribution >= 0.6 is 12.4 Å². The molecule has 0 aromatic rings. The fourth-order valence-electron chi connectivity index (χ4n) is 1.95. The molecule has 2 aliphatic carbocycles. The van der Waals surface area contributed by atoms with Gasteiger partial charge in [0.2, 0.25) is 5.91 Å². The number of carbonyl (C=O) groups is 1. The summed E-state index contributed by atoms with van der Waals surface area (Å²) >= 11 is 0. The van der Waals surface area contributed by atoms with Crippen LogP contribution in [0.4, 0.5) is 0 Å². The van der Waals surface area contributed by atoms with E-state index in [-0.39, 0.29) is 30.5 Å². The van der Waals surface area contributed by atoms with Gasteiger partial charge in [-0.1, -0.05) is 12.8 Å². The van der Waals surface area contributed by atoms with Crippen LogP contribution in [-0.2, 0) is 4.79 Å². The van der Waals surface area contributed by atoms with E-state index in [1.54, 1.807) is 0 Å². The molecule has 0 bridgehead atoms. The molecular formula is C10H19ClN2O2. The Bertz CT molecular complexity index is 244. The number of nitrogens with one attached hydrogen (secondary N) is 1. The summed E-state index contributed by atoms with van der Waals surface area (Å²) in [6, 6.07) is -0.0720. The van der Waals surface area contributed by atoms with Gasteiger partial charge in [0, 0.05) is 0 Å². The number of hydrogen-bond donors (Lipinski definition) is 3. The number of aliphatic hydroxyl groups is 1. The summed E-state index contributed by atoms with van der Waals surface area (Å²) in [6.07, 6.45) is 4.99. The standard InChI is InChI=1S/C10H18N2O2.ClH/c11-10(5-6-10)9(14)12-7-3-1-2-4-8(7)13;/h7-8,13H,1-6,11H2,(H,12,14);1H/t7-,8+;/m0./s1. The van der Waals surface area contributed by atoms with Crippen molar-refractivity contribution >= 4 is 18.3 Å². The van der Waals surface area contributed by atoms with Gasteiger partial charge < -0.3 is 16.2 Å². The highest BCUT2D eigenvalue weighted by Gasteiger charge is 2.46. The first-order valence-electron chi connectivity index (χ1n) is 5.40. The molecule has 15 heavy (non-hydrogen) atoms. The third-order valence-corrected chi connectivity index (χ3v) is 3.29. The lowest BCUT2D eigenvalue weighted by Gasteiger charge is -2.29. The van der Waals surface area contributed by atoms with Crippen LogP contribution in [0.25, 0.3) is 0 Å². The van der Waals surface area contributed by atoms with Crippen LogP contribution in [0.1, 0.15) is 38.5 Å². The Balaban J connectivity index is 0.00000112. The summed E-state index contributed by atoms with van der Waals surface area (Å²) in [5.41, 5.74) is 5.15. The fourth-order valence-corrected chi connectivity index (χ4v) is 1.95. The first-order valence-corrected chi connectivity index (χ1v) is 5.40. The van der Waals surface area contributed by atoms with Crippen molar-refractivity contribution in [2.75, 3.05) is 0 Å². The minimum absolute atomic E-state index is 0. The summed E-state index contributed by atoms with van der Waals surface area (Å²) in [5, 5.41) is 12.5. The van der Waals surface area contributed by atoms with Crippen molar-refractivity contribution in [1.29, 1.82) is 0 Å².